The first-order valence-electron chi connectivity index (χ1n) is 5.93. The number of sulfonamides is 1. The molecule has 7 heteroatoms. The molecule has 2 rings (SSSR count). The van der Waals surface area contributed by atoms with Crippen LogP contribution in [0.2, 0.25) is 0 Å². The zero-order valence-corrected chi connectivity index (χ0v) is 10.5. The van der Waals surface area contributed by atoms with E-state index in [0.717, 1.165) is 32.4 Å². The van der Waals surface area contributed by atoms with Crippen LogP contribution in [0.15, 0.2) is 0 Å². The normalized spacial score (nSPS) is 27.6. The zero-order valence-electron chi connectivity index (χ0n) is 9.71. The Hall–Kier alpha value is -0.660. The fourth-order valence-corrected chi connectivity index (χ4v) is 3.97. The van der Waals surface area contributed by atoms with E-state index in [-0.39, 0.29) is 6.04 Å². The van der Waals surface area contributed by atoms with Crippen molar-refractivity contribution < 1.29 is 18.3 Å². The summed E-state index contributed by atoms with van der Waals surface area (Å²) in [5, 5.41) is 8.62. The first-order valence-corrected chi connectivity index (χ1v) is 7.53. The predicted molar refractivity (Wildman–Crippen MR) is 62.2 cm³/mol. The Morgan fingerprint density at radius 2 is 1.94 bits per heavy atom. The molecule has 1 N–H and O–H groups in total. The third kappa shape index (κ3) is 2.97. The molecule has 6 nitrogen and oxygen atoms in total. The molecule has 0 bridgehead atoms. The van der Waals surface area contributed by atoms with Gasteiger partial charge in [-0.25, -0.2) is 8.42 Å². The van der Waals surface area contributed by atoms with Crippen molar-refractivity contribution in [2.75, 3.05) is 31.9 Å². The van der Waals surface area contributed by atoms with Crippen LogP contribution in [0.25, 0.3) is 0 Å². The summed E-state index contributed by atoms with van der Waals surface area (Å²) in [7, 11) is -3.64. The summed E-state index contributed by atoms with van der Waals surface area (Å²) in [4.78, 5) is 12.9. The summed E-state index contributed by atoms with van der Waals surface area (Å²) >= 11 is 0. The second-order valence-corrected chi connectivity index (χ2v) is 6.66. The number of nitrogens with zero attached hydrogens (tertiary/aromatic N) is 2. The van der Waals surface area contributed by atoms with E-state index in [1.54, 1.807) is 0 Å². The molecule has 0 aromatic heterocycles. The van der Waals surface area contributed by atoms with Crippen LogP contribution >= 0.6 is 0 Å². The topological polar surface area (TPSA) is 77.9 Å². The van der Waals surface area contributed by atoms with Gasteiger partial charge in [-0.1, -0.05) is 0 Å². The van der Waals surface area contributed by atoms with Gasteiger partial charge < -0.3 is 5.11 Å². The quantitative estimate of drug-likeness (QED) is 0.747. The highest BCUT2D eigenvalue weighted by molar-refractivity contribution is 7.89. The fourth-order valence-electron chi connectivity index (χ4n) is 2.67. The number of carboxylic acid groups (broad SMARTS) is 1. The van der Waals surface area contributed by atoms with Crippen molar-refractivity contribution in [1.82, 2.24) is 9.21 Å². The highest BCUT2D eigenvalue weighted by atomic mass is 32.2. The molecule has 2 fully saturated rings. The van der Waals surface area contributed by atoms with Crippen LogP contribution < -0.4 is 0 Å². The Labute approximate surface area is 101 Å². The molecular formula is C10H18N2O4S. The summed E-state index contributed by atoms with van der Waals surface area (Å²) in [6, 6.07) is 0.279. The largest absolute Gasteiger partial charge is 0.480 e. The van der Waals surface area contributed by atoms with Crippen LogP contribution in [0.1, 0.15) is 19.3 Å². The van der Waals surface area contributed by atoms with Gasteiger partial charge in [-0.3, -0.25) is 9.69 Å². The molecule has 0 aromatic rings. The summed E-state index contributed by atoms with van der Waals surface area (Å²) in [5.41, 5.74) is 0. The third-order valence-electron chi connectivity index (χ3n) is 3.47. The molecule has 0 spiro atoms. The minimum Gasteiger partial charge on any atom is -0.480 e. The van der Waals surface area contributed by atoms with E-state index in [2.05, 4.69) is 4.90 Å². The SMILES string of the molecule is O=C(O)CS(=O)(=O)N1CCCN2CCCC2C1. The van der Waals surface area contributed by atoms with Crippen molar-refractivity contribution in [3.63, 3.8) is 0 Å². The number of carboxylic acids is 1. The molecular weight excluding hydrogens is 244 g/mol. The van der Waals surface area contributed by atoms with Gasteiger partial charge in [-0.15, -0.1) is 0 Å². The lowest BCUT2D eigenvalue weighted by atomic mass is 10.2. The molecule has 0 radical (unpaired) electrons. The lowest BCUT2D eigenvalue weighted by Crippen LogP contribution is -2.41. The number of aliphatic carboxylic acids is 1. The van der Waals surface area contributed by atoms with Crippen molar-refractivity contribution in [1.29, 1.82) is 0 Å². The third-order valence-corrected chi connectivity index (χ3v) is 5.20. The Kier molecular flexibility index (Phi) is 3.70. The van der Waals surface area contributed by atoms with Crippen molar-refractivity contribution >= 4 is 16.0 Å². The van der Waals surface area contributed by atoms with E-state index < -0.39 is 21.7 Å². The molecule has 0 amide bonds. The number of hydrogen-bond acceptors (Lipinski definition) is 4. The molecule has 2 aliphatic heterocycles. The van der Waals surface area contributed by atoms with Crippen LogP contribution in [0.4, 0.5) is 0 Å². The Bertz CT molecular complexity index is 395. The van der Waals surface area contributed by atoms with Crippen LogP contribution in [-0.4, -0.2) is 66.7 Å². The Morgan fingerprint density at radius 3 is 2.65 bits per heavy atom. The van der Waals surface area contributed by atoms with Gasteiger partial charge in [0.2, 0.25) is 10.0 Å². The summed E-state index contributed by atoms with van der Waals surface area (Å²) in [6.45, 7) is 2.86. The minimum absolute atomic E-state index is 0.279. The van der Waals surface area contributed by atoms with Gasteiger partial charge in [0.15, 0.2) is 5.75 Å². The monoisotopic (exact) mass is 262 g/mol. The van der Waals surface area contributed by atoms with E-state index in [9.17, 15) is 13.2 Å². The van der Waals surface area contributed by atoms with Gasteiger partial charge >= 0.3 is 5.97 Å². The maximum Gasteiger partial charge on any atom is 0.320 e. The van der Waals surface area contributed by atoms with E-state index in [1.165, 1.54) is 4.31 Å². The number of carbonyl (C=O) groups is 1. The van der Waals surface area contributed by atoms with Crippen LogP contribution in [-0.2, 0) is 14.8 Å². The second-order valence-electron chi connectivity index (χ2n) is 4.69. The standard InChI is InChI=1S/C10H18N2O4S/c13-10(14)8-17(15,16)12-6-2-5-11-4-1-3-9(11)7-12/h9H,1-8H2,(H,13,14). The number of rotatable bonds is 3. The smallest absolute Gasteiger partial charge is 0.320 e. The second kappa shape index (κ2) is 4.91. The highest BCUT2D eigenvalue weighted by Crippen LogP contribution is 2.22. The molecule has 2 aliphatic rings. The van der Waals surface area contributed by atoms with E-state index in [4.69, 9.17) is 5.11 Å². The average Bonchev–Trinajstić information content (AvgIpc) is 2.53. The molecule has 0 aromatic carbocycles. The van der Waals surface area contributed by atoms with Crippen molar-refractivity contribution in [2.45, 2.75) is 25.3 Å². The molecule has 2 saturated heterocycles. The lowest BCUT2D eigenvalue weighted by molar-refractivity contribution is -0.134. The molecule has 98 valence electrons. The Balaban J connectivity index is 2.08. The van der Waals surface area contributed by atoms with E-state index >= 15 is 0 Å². The number of hydrogen-bond donors (Lipinski definition) is 1. The fraction of sp³-hybridized carbons (Fsp3) is 0.900. The van der Waals surface area contributed by atoms with Gasteiger partial charge in [-0.2, -0.15) is 4.31 Å². The molecule has 2 heterocycles. The van der Waals surface area contributed by atoms with Crippen molar-refractivity contribution in [3.05, 3.63) is 0 Å². The van der Waals surface area contributed by atoms with Gasteiger partial charge in [0, 0.05) is 19.1 Å². The first kappa shape index (κ1) is 12.8. The van der Waals surface area contributed by atoms with Crippen molar-refractivity contribution in [3.8, 4) is 0 Å². The van der Waals surface area contributed by atoms with Crippen LogP contribution in [0.3, 0.4) is 0 Å². The van der Waals surface area contributed by atoms with Crippen LogP contribution in [0.5, 0.6) is 0 Å². The summed E-state index contributed by atoms with van der Waals surface area (Å²) < 4.78 is 25.1. The summed E-state index contributed by atoms with van der Waals surface area (Å²) in [5.74, 6) is -2.07. The minimum atomic E-state index is -3.64. The maximum absolute atomic E-state index is 11.9. The number of fused-ring (bicyclic) bond motifs is 1. The predicted octanol–water partition coefficient (Wildman–Crippen LogP) is -0.429. The molecule has 1 unspecified atom stereocenters. The molecule has 0 saturated carbocycles. The van der Waals surface area contributed by atoms with Gasteiger partial charge in [-0.05, 0) is 32.4 Å². The molecule has 17 heavy (non-hydrogen) atoms. The summed E-state index contributed by atoms with van der Waals surface area (Å²) in [6.07, 6.45) is 2.91. The van der Waals surface area contributed by atoms with E-state index in [0.29, 0.717) is 13.1 Å². The Morgan fingerprint density at radius 1 is 1.24 bits per heavy atom. The van der Waals surface area contributed by atoms with Crippen LogP contribution in [0, 0.1) is 0 Å². The first-order chi connectivity index (χ1) is 7.99. The molecule has 0 aliphatic carbocycles. The maximum atomic E-state index is 11.9. The van der Waals surface area contributed by atoms with E-state index in [1.807, 2.05) is 0 Å². The molecule has 1 atom stereocenters. The van der Waals surface area contributed by atoms with Gasteiger partial charge in [0.1, 0.15) is 0 Å². The zero-order chi connectivity index (χ0) is 12.5. The van der Waals surface area contributed by atoms with Crippen molar-refractivity contribution in [2.24, 2.45) is 0 Å². The average molecular weight is 262 g/mol. The highest BCUT2D eigenvalue weighted by Gasteiger charge is 2.34. The van der Waals surface area contributed by atoms with Gasteiger partial charge in [0.05, 0.1) is 0 Å². The van der Waals surface area contributed by atoms with Gasteiger partial charge in [0.25, 0.3) is 0 Å². The lowest BCUT2D eigenvalue weighted by Gasteiger charge is -2.24.